The largest absolute Gasteiger partial charge is 0.453 e. The second-order valence-corrected chi connectivity index (χ2v) is 6.48. The first kappa shape index (κ1) is 17.3. The topological polar surface area (TPSA) is 87.3 Å². The van der Waals surface area contributed by atoms with E-state index in [9.17, 15) is 9.59 Å². The molecule has 1 aromatic heterocycles. The van der Waals surface area contributed by atoms with Crippen LogP contribution in [0, 0.1) is 13.8 Å². The highest BCUT2D eigenvalue weighted by atomic mass is 16.5. The summed E-state index contributed by atoms with van der Waals surface area (Å²) in [5, 5.41) is 2.89. The van der Waals surface area contributed by atoms with Gasteiger partial charge in [-0.05, 0) is 50.3 Å². The van der Waals surface area contributed by atoms with Crippen LogP contribution in [0.1, 0.15) is 36.2 Å². The number of likely N-dealkylation sites (tertiary alicyclic amines) is 1. The summed E-state index contributed by atoms with van der Waals surface area (Å²) in [5.41, 5.74) is 4.21. The lowest BCUT2D eigenvalue weighted by molar-refractivity contribution is -0.127. The molecule has 2 amide bonds. The van der Waals surface area contributed by atoms with Crippen molar-refractivity contribution in [2.75, 3.05) is 13.7 Å². The van der Waals surface area contributed by atoms with Crippen molar-refractivity contribution in [3.8, 4) is 0 Å². The van der Waals surface area contributed by atoms with Crippen LogP contribution in [0.15, 0.2) is 12.1 Å². The summed E-state index contributed by atoms with van der Waals surface area (Å²) in [4.78, 5) is 33.7. The summed E-state index contributed by atoms with van der Waals surface area (Å²) in [5.74, 6) is 0.538. The van der Waals surface area contributed by atoms with E-state index in [0.717, 1.165) is 29.4 Å². The van der Waals surface area contributed by atoms with Gasteiger partial charge in [-0.3, -0.25) is 9.69 Å². The van der Waals surface area contributed by atoms with Gasteiger partial charge in [0.2, 0.25) is 5.91 Å². The van der Waals surface area contributed by atoms with E-state index in [-0.39, 0.29) is 5.91 Å². The average molecular weight is 344 g/mol. The molecule has 1 atom stereocenters. The van der Waals surface area contributed by atoms with Crippen molar-refractivity contribution >= 4 is 23.0 Å². The molecule has 7 heteroatoms. The van der Waals surface area contributed by atoms with Crippen molar-refractivity contribution in [2.24, 2.45) is 0 Å². The molecule has 1 aromatic carbocycles. The third-order valence-electron chi connectivity index (χ3n) is 4.87. The predicted octanol–water partition coefficient (Wildman–Crippen LogP) is 2.42. The van der Waals surface area contributed by atoms with Gasteiger partial charge in [0.05, 0.1) is 24.7 Å². The highest BCUT2D eigenvalue weighted by Gasteiger charge is 2.32. The monoisotopic (exact) mass is 344 g/mol. The second-order valence-electron chi connectivity index (χ2n) is 6.48. The van der Waals surface area contributed by atoms with E-state index in [4.69, 9.17) is 4.74 Å². The Bertz CT molecular complexity index is 799. The Morgan fingerprint density at radius 2 is 2.16 bits per heavy atom. The first-order chi connectivity index (χ1) is 12.0. The van der Waals surface area contributed by atoms with Gasteiger partial charge >= 0.3 is 6.09 Å². The lowest BCUT2D eigenvalue weighted by Crippen LogP contribution is -2.51. The van der Waals surface area contributed by atoms with Crippen molar-refractivity contribution < 1.29 is 14.3 Å². The minimum atomic E-state index is -0.477. The van der Waals surface area contributed by atoms with Crippen LogP contribution in [0.3, 0.4) is 0 Å². The van der Waals surface area contributed by atoms with Crippen molar-refractivity contribution in [2.45, 2.75) is 45.7 Å². The number of nitrogens with one attached hydrogen (secondary N) is 2. The van der Waals surface area contributed by atoms with E-state index < -0.39 is 12.1 Å². The number of aromatic amines is 1. The van der Waals surface area contributed by atoms with E-state index in [1.807, 2.05) is 13.0 Å². The molecule has 0 saturated carbocycles. The van der Waals surface area contributed by atoms with E-state index in [1.54, 1.807) is 0 Å². The zero-order valence-electron chi connectivity index (χ0n) is 14.9. The molecule has 1 fully saturated rings. The van der Waals surface area contributed by atoms with Crippen LogP contribution in [-0.4, -0.2) is 46.6 Å². The van der Waals surface area contributed by atoms with Gasteiger partial charge in [-0.25, -0.2) is 9.78 Å². The molecule has 0 bridgehead atoms. The number of ether oxygens (including phenoxy) is 1. The first-order valence-electron chi connectivity index (χ1n) is 8.58. The molecule has 7 nitrogen and oxygen atoms in total. The highest BCUT2D eigenvalue weighted by molar-refractivity contribution is 5.86. The number of hydrogen-bond acceptors (Lipinski definition) is 4. The van der Waals surface area contributed by atoms with Crippen LogP contribution in [0.4, 0.5) is 4.79 Å². The Kier molecular flexibility index (Phi) is 4.92. The molecule has 2 heterocycles. The minimum absolute atomic E-state index is 0.168. The number of aryl methyl sites for hydroxylation is 2. The first-order valence-corrected chi connectivity index (χ1v) is 8.58. The number of methoxy groups -OCH3 is 1. The van der Waals surface area contributed by atoms with E-state index in [1.165, 1.54) is 17.6 Å². The van der Waals surface area contributed by atoms with Crippen molar-refractivity contribution in [1.29, 1.82) is 0 Å². The molecule has 134 valence electrons. The maximum Gasteiger partial charge on any atom is 0.410 e. The normalized spacial score (nSPS) is 17.6. The number of H-pyrrole nitrogens is 1. The number of rotatable bonds is 3. The Hall–Kier alpha value is -2.57. The molecule has 0 aliphatic carbocycles. The standard InChI is InChI=1S/C18H24N4O3/c1-11-7-8-13-16(12(11)2)21-15(20-13)10-19-17(23)14-6-4-5-9-22(14)18(24)25-3/h7-8,14H,4-6,9-10H2,1-3H3,(H,19,23)(H,20,21)/t14-/m0/s1. The van der Waals surface area contributed by atoms with Crippen molar-refractivity contribution in [3.05, 3.63) is 29.1 Å². The number of amides is 2. The molecule has 25 heavy (non-hydrogen) atoms. The van der Waals surface area contributed by atoms with Gasteiger partial charge in [0.15, 0.2) is 0 Å². The maximum absolute atomic E-state index is 12.5. The smallest absolute Gasteiger partial charge is 0.410 e. The lowest BCUT2D eigenvalue weighted by Gasteiger charge is -2.33. The Labute approximate surface area is 146 Å². The summed E-state index contributed by atoms with van der Waals surface area (Å²) in [7, 11) is 1.34. The maximum atomic E-state index is 12.5. The fourth-order valence-electron chi connectivity index (χ4n) is 3.28. The number of piperidine rings is 1. The average Bonchev–Trinajstić information content (AvgIpc) is 3.06. The zero-order chi connectivity index (χ0) is 18.0. The number of hydrogen-bond donors (Lipinski definition) is 2. The van der Waals surface area contributed by atoms with Crippen LogP contribution >= 0.6 is 0 Å². The van der Waals surface area contributed by atoms with Gasteiger partial charge in [0.1, 0.15) is 11.9 Å². The van der Waals surface area contributed by atoms with E-state index in [2.05, 4.69) is 28.3 Å². The molecule has 0 spiro atoms. The molecule has 1 aliphatic rings. The number of aromatic nitrogens is 2. The molecule has 1 aliphatic heterocycles. The summed E-state index contributed by atoms with van der Waals surface area (Å²) in [6, 6.07) is 3.57. The van der Waals surface area contributed by atoms with Gasteiger partial charge in [-0.2, -0.15) is 0 Å². The molecule has 0 radical (unpaired) electrons. The molecule has 1 saturated heterocycles. The zero-order valence-corrected chi connectivity index (χ0v) is 14.9. The number of fused-ring (bicyclic) bond motifs is 1. The van der Waals surface area contributed by atoms with Gasteiger partial charge < -0.3 is 15.0 Å². The van der Waals surface area contributed by atoms with E-state index in [0.29, 0.717) is 25.3 Å². The summed E-state index contributed by atoms with van der Waals surface area (Å²) < 4.78 is 4.79. The number of benzene rings is 1. The second kappa shape index (κ2) is 7.13. The number of nitrogens with zero attached hydrogens (tertiary/aromatic N) is 2. The quantitative estimate of drug-likeness (QED) is 0.895. The summed E-state index contributed by atoms with van der Waals surface area (Å²) in [6.45, 7) is 4.94. The van der Waals surface area contributed by atoms with Crippen LogP contribution in [-0.2, 0) is 16.1 Å². The van der Waals surface area contributed by atoms with Crippen LogP contribution in [0.25, 0.3) is 11.0 Å². The van der Waals surface area contributed by atoms with Crippen LogP contribution in [0.2, 0.25) is 0 Å². The number of imidazole rings is 1. The molecular formula is C18H24N4O3. The lowest BCUT2D eigenvalue weighted by atomic mass is 10.0. The molecule has 3 rings (SSSR count). The molecule has 2 N–H and O–H groups in total. The Morgan fingerprint density at radius 3 is 2.92 bits per heavy atom. The fraction of sp³-hybridized carbons (Fsp3) is 0.500. The fourth-order valence-corrected chi connectivity index (χ4v) is 3.28. The minimum Gasteiger partial charge on any atom is -0.453 e. The van der Waals surface area contributed by atoms with Gasteiger partial charge in [0, 0.05) is 6.54 Å². The van der Waals surface area contributed by atoms with Crippen LogP contribution < -0.4 is 5.32 Å². The van der Waals surface area contributed by atoms with Crippen molar-refractivity contribution in [1.82, 2.24) is 20.2 Å². The molecule has 2 aromatic rings. The number of carbonyl (C=O) groups excluding carboxylic acids is 2. The summed E-state index contributed by atoms with van der Waals surface area (Å²) in [6.07, 6.45) is 2.02. The van der Waals surface area contributed by atoms with Gasteiger partial charge in [-0.15, -0.1) is 0 Å². The number of carbonyl (C=O) groups is 2. The molecular weight excluding hydrogens is 320 g/mol. The predicted molar refractivity (Wildman–Crippen MR) is 94.2 cm³/mol. The van der Waals surface area contributed by atoms with Gasteiger partial charge in [0.25, 0.3) is 0 Å². The third kappa shape index (κ3) is 3.45. The molecule has 0 unspecified atom stereocenters. The highest BCUT2D eigenvalue weighted by Crippen LogP contribution is 2.20. The van der Waals surface area contributed by atoms with Crippen LogP contribution in [0.5, 0.6) is 0 Å². The van der Waals surface area contributed by atoms with E-state index >= 15 is 0 Å². The van der Waals surface area contributed by atoms with Crippen molar-refractivity contribution in [3.63, 3.8) is 0 Å². The summed E-state index contributed by atoms with van der Waals surface area (Å²) >= 11 is 0. The Morgan fingerprint density at radius 1 is 1.36 bits per heavy atom. The third-order valence-corrected chi connectivity index (χ3v) is 4.87. The van der Waals surface area contributed by atoms with Gasteiger partial charge in [-0.1, -0.05) is 6.07 Å². The SMILES string of the molecule is COC(=O)N1CCCC[C@H]1C(=O)NCc1nc2c(C)c(C)ccc2[nH]1. The Balaban J connectivity index is 1.69.